The van der Waals surface area contributed by atoms with Gasteiger partial charge in [-0.1, -0.05) is 63.0 Å². The van der Waals surface area contributed by atoms with Crippen molar-refractivity contribution in [1.82, 2.24) is 0 Å². The molecule has 0 radical (unpaired) electrons. The summed E-state index contributed by atoms with van der Waals surface area (Å²) < 4.78 is 5.38. The number of ketones is 1. The predicted octanol–water partition coefficient (Wildman–Crippen LogP) is 7.76. The van der Waals surface area contributed by atoms with Crippen molar-refractivity contribution in [2.45, 2.75) is 105 Å². The average Bonchev–Trinajstić information content (AvgIpc) is 2.80. The van der Waals surface area contributed by atoms with Gasteiger partial charge < -0.3 is 4.74 Å². The third-order valence-electron chi connectivity index (χ3n) is 13.3. The lowest BCUT2D eigenvalue weighted by Gasteiger charge is -2.70. The Hall–Kier alpha value is -0.640. The van der Waals surface area contributed by atoms with Crippen LogP contribution in [0.3, 0.4) is 0 Å². The molecule has 0 aromatic rings. The third kappa shape index (κ3) is 3.07. The van der Waals surface area contributed by atoms with E-state index in [-0.39, 0.29) is 38.9 Å². The van der Waals surface area contributed by atoms with E-state index in [1.807, 2.05) is 0 Å². The zero-order chi connectivity index (χ0) is 25.8. The van der Waals surface area contributed by atoms with E-state index in [4.69, 9.17) is 4.74 Å². The smallest absolute Gasteiger partial charge is 0.312 e. The molecule has 0 aromatic heterocycles. The van der Waals surface area contributed by atoms with Crippen LogP contribution in [0.2, 0.25) is 0 Å². The van der Waals surface area contributed by atoms with E-state index in [1.165, 1.54) is 38.4 Å². The number of esters is 1. The molecule has 0 spiro atoms. The minimum atomic E-state index is -0.604. The molecular formula is C31H47BrO3. The minimum absolute atomic E-state index is 0.0350. The standard InChI is InChI=1S/C31H47BrO3/c1-18-9-12-27(3)15-16-29(5)20(24(27)19(18)2)17-21(33)25-28(4)13-11-23(32)31(7,26(34)35-8)22(28)10-14-30(25,29)6/h17-19,22-25H,9-16H2,1-8H3/t18-,19+,22?,23-,24+,25-,27-,28+,29-,30-,31?/m1/s1. The quantitative estimate of drug-likeness (QED) is 0.249. The second-order valence-electron chi connectivity index (χ2n) is 14.6. The number of carbonyl (C=O) groups is 2. The van der Waals surface area contributed by atoms with Crippen LogP contribution in [-0.2, 0) is 14.3 Å². The van der Waals surface area contributed by atoms with Crippen LogP contribution in [0.1, 0.15) is 99.8 Å². The molecule has 3 nitrogen and oxygen atoms in total. The fourth-order valence-corrected chi connectivity index (χ4v) is 11.6. The summed E-state index contributed by atoms with van der Waals surface area (Å²) in [4.78, 5) is 27.7. The second kappa shape index (κ2) is 7.93. The number of rotatable bonds is 1. The Morgan fingerprint density at radius 1 is 0.971 bits per heavy atom. The van der Waals surface area contributed by atoms with Crippen LogP contribution in [0.15, 0.2) is 11.6 Å². The molecular weight excluding hydrogens is 500 g/mol. The van der Waals surface area contributed by atoms with E-state index >= 15 is 0 Å². The van der Waals surface area contributed by atoms with Gasteiger partial charge in [-0.15, -0.1) is 0 Å². The fourth-order valence-electron chi connectivity index (χ4n) is 10.8. The van der Waals surface area contributed by atoms with Gasteiger partial charge >= 0.3 is 5.97 Å². The number of alkyl halides is 1. The van der Waals surface area contributed by atoms with Gasteiger partial charge in [0.2, 0.25) is 0 Å². The zero-order valence-electron chi connectivity index (χ0n) is 23.3. The highest BCUT2D eigenvalue weighted by Crippen LogP contribution is 2.75. The Bertz CT molecular complexity index is 972. The Kier molecular flexibility index (Phi) is 5.89. The summed E-state index contributed by atoms with van der Waals surface area (Å²) in [5.41, 5.74) is 0.973. The first kappa shape index (κ1) is 26.0. The molecule has 0 saturated heterocycles. The topological polar surface area (TPSA) is 43.4 Å². The molecule has 4 heteroatoms. The number of hydrogen-bond acceptors (Lipinski definition) is 3. The summed E-state index contributed by atoms with van der Waals surface area (Å²) in [5.74, 6) is 2.17. The maximum Gasteiger partial charge on any atom is 0.312 e. The molecule has 0 aliphatic heterocycles. The summed E-state index contributed by atoms with van der Waals surface area (Å²) in [6.45, 7) is 16.8. The first-order chi connectivity index (χ1) is 16.2. The molecule has 4 saturated carbocycles. The van der Waals surface area contributed by atoms with Gasteiger partial charge in [-0.25, -0.2) is 0 Å². The van der Waals surface area contributed by atoms with Crippen molar-refractivity contribution in [2.24, 2.45) is 56.7 Å². The van der Waals surface area contributed by atoms with Crippen LogP contribution in [0.5, 0.6) is 0 Å². The summed E-state index contributed by atoms with van der Waals surface area (Å²) in [6.07, 6.45) is 11.1. The Morgan fingerprint density at radius 3 is 2.31 bits per heavy atom. The van der Waals surface area contributed by atoms with Crippen molar-refractivity contribution >= 4 is 27.7 Å². The number of ether oxygens (including phenoxy) is 1. The largest absolute Gasteiger partial charge is 0.469 e. The maximum absolute atomic E-state index is 14.4. The summed E-state index contributed by atoms with van der Waals surface area (Å²) in [6, 6.07) is 0. The zero-order valence-corrected chi connectivity index (χ0v) is 24.9. The Morgan fingerprint density at radius 2 is 1.66 bits per heavy atom. The maximum atomic E-state index is 14.4. The molecule has 196 valence electrons. The first-order valence-corrected chi connectivity index (χ1v) is 15.1. The van der Waals surface area contributed by atoms with Crippen molar-refractivity contribution in [3.63, 3.8) is 0 Å². The first-order valence-electron chi connectivity index (χ1n) is 14.2. The van der Waals surface area contributed by atoms with Crippen LogP contribution >= 0.6 is 15.9 Å². The lowest BCUT2D eigenvalue weighted by Crippen LogP contribution is -2.67. The molecule has 0 amide bonds. The summed E-state index contributed by atoms with van der Waals surface area (Å²) in [7, 11) is 1.51. The second-order valence-corrected chi connectivity index (χ2v) is 15.7. The van der Waals surface area contributed by atoms with E-state index < -0.39 is 5.41 Å². The van der Waals surface area contributed by atoms with Crippen molar-refractivity contribution in [2.75, 3.05) is 7.11 Å². The van der Waals surface area contributed by atoms with E-state index in [1.54, 1.807) is 0 Å². The van der Waals surface area contributed by atoms with Crippen LogP contribution in [0.4, 0.5) is 0 Å². The van der Waals surface area contributed by atoms with Gasteiger partial charge in [0.25, 0.3) is 0 Å². The minimum Gasteiger partial charge on any atom is -0.469 e. The molecule has 0 aromatic carbocycles. The highest BCUT2D eigenvalue weighted by molar-refractivity contribution is 9.09. The number of fused-ring (bicyclic) bond motifs is 7. The van der Waals surface area contributed by atoms with E-state index in [2.05, 4.69) is 70.5 Å². The van der Waals surface area contributed by atoms with Gasteiger partial charge in [-0.05, 0) is 110 Å². The number of carbonyl (C=O) groups excluding carboxylic acids is 2. The molecule has 0 bridgehead atoms. The Labute approximate surface area is 221 Å². The molecule has 5 rings (SSSR count). The molecule has 0 N–H and O–H groups in total. The lowest BCUT2D eigenvalue weighted by molar-refractivity contribution is -0.197. The van der Waals surface area contributed by atoms with Crippen LogP contribution in [0, 0.1) is 56.7 Å². The Balaban J connectivity index is 1.64. The number of hydrogen-bond donors (Lipinski definition) is 0. The summed E-state index contributed by atoms with van der Waals surface area (Å²) in [5, 5.41) is 0. The average molecular weight is 548 g/mol. The number of methoxy groups -OCH3 is 1. The molecule has 5 aliphatic carbocycles. The van der Waals surface area contributed by atoms with Crippen LogP contribution in [-0.4, -0.2) is 23.7 Å². The molecule has 2 unspecified atom stereocenters. The van der Waals surface area contributed by atoms with Crippen molar-refractivity contribution < 1.29 is 14.3 Å². The third-order valence-corrected chi connectivity index (χ3v) is 14.7. The van der Waals surface area contributed by atoms with Gasteiger partial charge in [0.1, 0.15) is 0 Å². The normalized spacial score (nSPS) is 55.6. The van der Waals surface area contributed by atoms with Gasteiger partial charge in [0, 0.05) is 10.7 Å². The SMILES string of the molecule is COC(=O)C1(C)C2CC[C@]3(C)[C@H](C(=O)C=C4[C@@H]5[C@@H](C)[C@H](C)CC[C@]5(C)CC[C@]43C)[C@@]2(C)CC[C@H]1Br. The highest BCUT2D eigenvalue weighted by atomic mass is 79.9. The number of allylic oxidation sites excluding steroid dienone is 2. The van der Waals surface area contributed by atoms with E-state index in [0.29, 0.717) is 29.0 Å². The van der Waals surface area contributed by atoms with Crippen molar-refractivity contribution in [3.05, 3.63) is 11.6 Å². The van der Waals surface area contributed by atoms with Gasteiger partial charge in [0.05, 0.1) is 12.5 Å². The molecule has 11 atom stereocenters. The summed E-state index contributed by atoms with van der Waals surface area (Å²) >= 11 is 3.88. The number of halogens is 1. The van der Waals surface area contributed by atoms with Crippen molar-refractivity contribution in [1.29, 1.82) is 0 Å². The highest BCUT2D eigenvalue weighted by Gasteiger charge is 2.71. The van der Waals surface area contributed by atoms with Crippen molar-refractivity contribution in [3.8, 4) is 0 Å². The van der Waals surface area contributed by atoms with Crippen LogP contribution in [0.25, 0.3) is 0 Å². The lowest BCUT2D eigenvalue weighted by atomic mass is 9.33. The van der Waals surface area contributed by atoms with Gasteiger partial charge in [-0.2, -0.15) is 0 Å². The predicted molar refractivity (Wildman–Crippen MR) is 144 cm³/mol. The molecule has 5 aliphatic rings. The van der Waals surface area contributed by atoms with Gasteiger partial charge in [0.15, 0.2) is 5.78 Å². The molecule has 0 heterocycles. The van der Waals surface area contributed by atoms with E-state index in [9.17, 15) is 9.59 Å². The van der Waals surface area contributed by atoms with Gasteiger partial charge in [-0.3, -0.25) is 9.59 Å². The monoisotopic (exact) mass is 546 g/mol. The fraction of sp³-hybridized carbons (Fsp3) is 0.871. The molecule has 4 fully saturated rings. The van der Waals surface area contributed by atoms with E-state index in [0.717, 1.165) is 25.7 Å². The van der Waals surface area contributed by atoms with Crippen LogP contribution < -0.4 is 0 Å². The molecule has 35 heavy (non-hydrogen) atoms.